The maximum absolute atomic E-state index is 12.4. The van der Waals surface area contributed by atoms with Crippen molar-refractivity contribution >= 4 is 11.6 Å². The second-order valence-electron chi connectivity index (χ2n) is 3.30. The van der Waals surface area contributed by atoms with Gasteiger partial charge in [-0.25, -0.2) is 9.97 Å². The highest BCUT2D eigenvalue weighted by atomic mass is 19.4. The number of hydrogen-bond acceptors (Lipinski definition) is 5. The Kier molecular flexibility index (Phi) is 3.73. The molecule has 1 aromatic heterocycles. The maximum atomic E-state index is 12.4. The summed E-state index contributed by atoms with van der Waals surface area (Å²) >= 11 is 0. The van der Waals surface area contributed by atoms with Crippen molar-refractivity contribution in [1.82, 2.24) is 9.97 Å². The van der Waals surface area contributed by atoms with Crippen molar-refractivity contribution in [3.63, 3.8) is 0 Å². The zero-order valence-corrected chi connectivity index (χ0v) is 8.99. The van der Waals surface area contributed by atoms with Crippen LogP contribution in [-0.2, 0) is 6.18 Å². The number of anilines is 2. The molecule has 5 nitrogen and oxygen atoms in total. The normalized spacial score (nSPS) is 11.0. The number of nitriles is 1. The van der Waals surface area contributed by atoms with Crippen molar-refractivity contribution < 1.29 is 13.2 Å². The van der Waals surface area contributed by atoms with E-state index in [4.69, 9.17) is 11.0 Å². The Labute approximate surface area is 95.7 Å². The molecule has 0 aliphatic rings. The first-order valence-electron chi connectivity index (χ1n) is 4.64. The number of halogens is 3. The van der Waals surface area contributed by atoms with E-state index in [-0.39, 0.29) is 24.6 Å². The Morgan fingerprint density at radius 1 is 1.47 bits per heavy atom. The monoisotopic (exact) mass is 245 g/mol. The van der Waals surface area contributed by atoms with Crippen LogP contribution in [0.3, 0.4) is 0 Å². The Balaban J connectivity index is 3.02. The van der Waals surface area contributed by atoms with E-state index in [1.807, 2.05) is 6.07 Å². The van der Waals surface area contributed by atoms with Crippen molar-refractivity contribution in [2.75, 3.05) is 24.2 Å². The molecular weight excluding hydrogens is 235 g/mol. The van der Waals surface area contributed by atoms with Crippen molar-refractivity contribution in [2.24, 2.45) is 0 Å². The smallest absolute Gasteiger partial charge is 0.384 e. The first-order chi connectivity index (χ1) is 7.84. The van der Waals surface area contributed by atoms with Gasteiger partial charge in [-0.2, -0.15) is 18.4 Å². The number of alkyl halides is 3. The minimum absolute atomic E-state index is 0.0417. The fourth-order valence-electron chi connectivity index (χ4n) is 1.11. The molecule has 0 radical (unpaired) electrons. The molecular formula is C9H10F3N5. The Hall–Kier alpha value is -2.04. The first-order valence-corrected chi connectivity index (χ1v) is 4.64. The molecule has 0 saturated carbocycles. The van der Waals surface area contributed by atoms with Crippen molar-refractivity contribution in [2.45, 2.75) is 12.6 Å². The fourth-order valence-corrected chi connectivity index (χ4v) is 1.11. The van der Waals surface area contributed by atoms with Crippen LogP contribution in [-0.4, -0.2) is 23.6 Å². The molecule has 0 saturated heterocycles. The summed E-state index contributed by atoms with van der Waals surface area (Å²) in [4.78, 5) is 7.89. The van der Waals surface area contributed by atoms with E-state index >= 15 is 0 Å². The summed E-state index contributed by atoms with van der Waals surface area (Å²) < 4.78 is 37.2. The molecule has 1 rings (SSSR count). The lowest BCUT2D eigenvalue weighted by Gasteiger charge is -2.17. The third kappa shape index (κ3) is 3.48. The lowest BCUT2D eigenvalue weighted by atomic mass is 10.4. The van der Waals surface area contributed by atoms with Crippen LogP contribution in [0.1, 0.15) is 12.2 Å². The van der Waals surface area contributed by atoms with Gasteiger partial charge in [0.1, 0.15) is 11.6 Å². The van der Waals surface area contributed by atoms with E-state index in [1.165, 1.54) is 18.0 Å². The van der Waals surface area contributed by atoms with Gasteiger partial charge in [0, 0.05) is 19.7 Å². The molecule has 0 spiro atoms. The molecule has 0 aromatic carbocycles. The standard InChI is InChI=1S/C9H10F3N5/c1-17(4-2-3-13)7-5-6(14)15-8(16-7)9(10,11)12/h5H,2,4H2,1H3,(H2,14,15,16). The van der Waals surface area contributed by atoms with Gasteiger partial charge in [-0.1, -0.05) is 0 Å². The third-order valence-electron chi connectivity index (χ3n) is 1.94. The topological polar surface area (TPSA) is 78.8 Å². The molecule has 2 N–H and O–H groups in total. The summed E-state index contributed by atoms with van der Waals surface area (Å²) in [5.74, 6) is -1.50. The Morgan fingerprint density at radius 3 is 2.65 bits per heavy atom. The summed E-state index contributed by atoms with van der Waals surface area (Å²) in [6.07, 6.45) is -4.46. The second kappa shape index (κ2) is 4.86. The zero-order chi connectivity index (χ0) is 13.1. The van der Waals surface area contributed by atoms with Crippen LogP contribution in [0, 0.1) is 11.3 Å². The molecule has 0 unspecified atom stereocenters. The van der Waals surface area contributed by atoms with Crippen LogP contribution in [0.15, 0.2) is 6.07 Å². The van der Waals surface area contributed by atoms with Gasteiger partial charge >= 0.3 is 6.18 Å². The molecule has 8 heteroatoms. The van der Waals surface area contributed by atoms with Crippen LogP contribution < -0.4 is 10.6 Å². The van der Waals surface area contributed by atoms with Gasteiger partial charge in [0.2, 0.25) is 5.82 Å². The highest BCUT2D eigenvalue weighted by Crippen LogP contribution is 2.28. The molecule has 1 heterocycles. The average Bonchev–Trinajstić information content (AvgIpc) is 2.23. The highest BCUT2D eigenvalue weighted by molar-refractivity contribution is 5.46. The molecule has 0 atom stereocenters. The van der Waals surface area contributed by atoms with Crippen LogP contribution >= 0.6 is 0 Å². The fraction of sp³-hybridized carbons (Fsp3) is 0.444. The molecule has 0 bridgehead atoms. The third-order valence-corrected chi connectivity index (χ3v) is 1.94. The molecule has 17 heavy (non-hydrogen) atoms. The van der Waals surface area contributed by atoms with Gasteiger partial charge in [-0.3, -0.25) is 0 Å². The van der Waals surface area contributed by atoms with Crippen LogP contribution in [0.4, 0.5) is 24.8 Å². The molecule has 0 aliphatic heterocycles. The zero-order valence-electron chi connectivity index (χ0n) is 8.99. The van der Waals surface area contributed by atoms with Crippen molar-refractivity contribution in [3.05, 3.63) is 11.9 Å². The van der Waals surface area contributed by atoms with Gasteiger partial charge in [0.15, 0.2) is 0 Å². The largest absolute Gasteiger partial charge is 0.451 e. The molecule has 0 aliphatic carbocycles. The summed E-state index contributed by atoms with van der Waals surface area (Å²) in [6.45, 7) is 0.268. The van der Waals surface area contributed by atoms with E-state index in [0.29, 0.717) is 0 Å². The van der Waals surface area contributed by atoms with Crippen molar-refractivity contribution in [3.8, 4) is 6.07 Å². The summed E-state index contributed by atoms with van der Waals surface area (Å²) in [7, 11) is 1.53. The molecule has 0 fully saturated rings. The first kappa shape index (κ1) is 13.0. The van der Waals surface area contributed by atoms with E-state index in [2.05, 4.69) is 9.97 Å². The van der Waals surface area contributed by atoms with Gasteiger partial charge in [-0.05, 0) is 0 Å². The highest BCUT2D eigenvalue weighted by Gasteiger charge is 2.35. The van der Waals surface area contributed by atoms with Gasteiger partial charge < -0.3 is 10.6 Å². The molecule has 0 amide bonds. The van der Waals surface area contributed by atoms with Crippen molar-refractivity contribution in [1.29, 1.82) is 5.26 Å². The van der Waals surface area contributed by atoms with E-state index in [0.717, 1.165) is 0 Å². The quantitative estimate of drug-likeness (QED) is 0.871. The number of rotatable bonds is 3. The minimum atomic E-state index is -4.64. The minimum Gasteiger partial charge on any atom is -0.384 e. The summed E-state index contributed by atoms with van der Waals surface area (Å²) in [5, 5.41) is 8.39. The van der Waals surface area contributed by atoms with E-state index < -0.39 is 12.0 Å². The second-order valence-corrected chi connectivity index (χ2v) is 3.30. The predicted octanol–water partition coefficient (Wildman–Crippen LogP) is 1.43. The SMILES string of the molecule is CN(CCC#N)c1cc(N)nc(C(F)(F)F)n1. The average molecular weight is 245 g/mol. The Morgan fingerprint density at radius 2 is 2.12 bits per heavy atom. The summed E-state index contributed by atoms with van der Waals surface area (Å²) in [5.41, 5.74) is 5.28. The lowest BCUT2D eigenvalue weighted by molar-refractivity contribution is -0.144. The molecule has 1 aromatic rings. The maximum Gasteiger partial charge on any atom is 0.451 e. The predicted molar refractivity (Wildman–Crippen MR) is 54.9 cm³/mol. The number of nitrogens with zero attached hydrogens (tertiary/aromatic N) is 4. The lowest BCUT2D eigenvalue weighted by Crippen LogP contribution is -2.22. The number of hydrogen-bond donors (Lipinski definition) is 1. The van der Waals surface area contributed by atoms with Crippen LogP contribution in [0.2, 0.25) is 0 Å². The number of aromatic nitrogens is 2. The van der Waals surface area contributed by atoms with Crippen LogP contribution in [0.5, 0.6) is 0 Å². The van der Waals surface area contributed by atoms with Gasteiger partial charge in [0.05, 0.1) is 12.5 Å². The summed E-state index contributed by atoms with van der Waals surface area (Å²) in [6, 6.07) is 3.12. The van der Waals surface area contributed by atoms with E-state index in [9.17, 15) is 13.2 Å². The number of nitrogen functional groups attached to an aromatic ring is 1. The van der Waals surface area contributed by atoms with Crippen LogP contribution in [0.25, 0.3) is 0 Å². The number of nitrogens with two attached hydrogens (primary N) is 1. The van der Waals surface area contributed by atoms with E-state index in [1.54, 1.807) is 0 Å². The molecule has 92 valence electrons. The Bertz CT molecular complexity index is 437. The van der Waals surface area contributed by atoms with Gasteiger partial charge in [-0.15, -0.1) is 0 Å². The van der Waals surface area contributed by atoms with Gasteiger partial charge in [0.25, 0.3) is 0 Å².